The minimum atomic E-state index is -1.32. The molecule has 3 rings (SSSR count). The van der Waals surface area contributed by atoms with Crippen LogP contribution in [0.4, 0.5) is 0 Å². The number of aliphatic carboxylic acids is 1. The van der Waals surface area contributed by atoms with Crippen LogP contribution in [0, 0.1) is 0 Å². The Labute approximate surface area is 220 Å². The minimum Gasteiger partial charge on any atom is -0.550 e. The normalized spacial score (nSPS) is 12.4. The predicted molar refractivity (Wildman–Crippen MR) is 117 cm³/mol. The third-order valence-corrected chi connectivity index (χ3v) is 5.02. The van der Waals surface area contributed by atoms with Gasteiger partial charge in [0.1, 0.15) is 0 Å². The van der Waals surface area contributed by atoms with E-state index in [0.717, 1.165) is 11.1 Å². The van der Waals surface area contributed by atoms with E-state index in [1.807, 2.05) is 60.7 Å². The van der Waals surface area contributed by atoms with Crippen molar-refractivity contribution in [1.29, 1.82) is 0 Å². The average Bonchev–Trinajstić information content (AvgIpc) is 3.27. The summed E-state index contributed by atoms with van der Waals surface area (Å²) in [5, 5.41) is 38.7. The Bertz CT molecular complexity index is 1020. The van der Waals surface area contributed by atoms with E-state index < -0.39 is 24.5 Å². The molecule has 0 radical (unpaired) electrons. The summed E-state index contributed by atoms with van der Waals surface area (Å²) in [6.07, 6.45) is -0.732. The van der Waals surface area contributed by atoms with Crippen molar-refractivity contribution in [1.82, 2.24) is 30.8 Å². The van der Waals surface area contributed by atoms with Crippen LogP contribution in [0.3, 0.4) is 0 Å². The summed E-state index contributed by atoms with van der Waals surface area (Å²) in [5.41, 5.74) is 1.89. The second-order valence-electron chi connectivity index (χ2n) is 7.61. The van der Waals surface area contributed by atoms with Crippen molar-refractivity contribution in [2.24, 2.45) is 0 Å². The van der Waals surface area contributed by atoms with Crippen molar-refractivity contribution in [3.05, 3.63) is 77.6 Å². The molecule has 1 amide bonds. The number of carbonyl (C=O) groups excluding carboxylic acids is 2. The third kappa shape index (κ3) is 8.96. The smallest absolute Gasteiger partial charge is 0.550 e. The summed E-state index contributed by atoms with van der Waals surface area (Å²) in [4.78, 5) is 22.9. The molecule has 0 spiro atoms. The molecule has 2 atom stereocenters. The molecule has 0 aliphatic carbocycles. The maximum Gasteiger partial charge on any atom is 1.00 e. The molecule has 0 aliphatic rings. The van der Waals surface area contributed by atoms with E-state index in [-0.39, 0.29) is 42.0 Å². The molecule has 0 fully saturated rings. The van der Waals surface area contributed by atoms with Gasteiger partial charge in [-0.3, -0.25) is 4.79 Å². The molecule has 3 N–H and O–H groups in total. The number of rotatable bonds is 13. The van der Waals surface area contributed by atoms with Gasteiger partial charge in [-0.2, -0.15) is 0 Å². The van der Waals surface area contributed by atoms with Crippen molar-refractivity contribution in [3.8, 4) is 0 Å². The Morgan fingerprint density at radius 1 is 1.06 bits per heavy atom. The SMILES string of the molecule is O=C([O-])CC(O)CN[C@H](c1ccccc1)c1nnnn1CCCC(=O)NCc1ccccc1.[Na+]. The Hall–Kier alpha value is -2.63. The zero-order valence-corrected chi connectivity index (χ0v) is 21.1. The molecule has 11 heteroatoms. The fourth-order valence-electron chi connectivity index (χ4n) is 3.37. The zero-order chi connectivity index (χ0) is 23.5. The molecule has 174 valence electrons. The van der Waals surface area contributed by atoms with Crippen LogP contribution in [0.5, 0.6) is 0 Å². The second-order valence-corrected chi connectivity index (χ2v) is 7.61. The number of amides is 1. The molecule has 0 saturated heterocycles. The molecule has 34 heavy (non-hydrogen) atoms. The minimum absolute atomic E-state index is 0. The molecular weight excluding hydrogens is 447 g/mol. The van der Waals surface area contributed by atoms with E-state index in [9.17, 15) is 19.8 Å². The number of carbonyl (C=O) groups is 2. The topological polar surface area (TPSA) is 145 Å². The summed E-state index contributed by atoms with van der Waals surface area (Å²) in [6, 6.07) is 18.6. The first kappa shape index (κ1) is 27.6. The first-order valence-electron chi connectivity index (χ1n) is 10.8. The monoisotopic (exact) mass is 474 g/mol. The van der Waals surface area contributed by atoms with E-state index in [2.05, 4.69) is 26.2 Å². The number of hydrogen-bond acceptors (Lipinski definition) is 8. The molecule has 10 nitrogen and oxygen atoms in total. The van der Waals surface area contributed by atoms with Crippen LogP contribution in [-0.2, 0) is 22.7 Å². The Kier molecular flexibility index (Phi) is 11.9. The number of aromatic nitrogens is 4. The Morgan fingerprint density at radius 3 is 2.41 bits per heavy atom. The molecule has 0 saturated carbocycles. The van der Waals surface area contributed by atoms with E-state index in [1.54, 1.807) is 4.68 Å². The maximum atomic E-state index is 12.2. The van der Waals surface area contributed by atoms with E-state index in [1.165, 1.54) is 0 Å². The summed E-state index contributed by atoms with van der Waals surface area (Å²) < 4.78 is 1.61. The van der Waals surface area contributed by atoms with Crippen molar-refractivity contribution in [3.63, 3.8) is 0 Å². The number of nitrogens with zero attached hydrogens (tertiary/aromatic N) is 4. The number of aliphatic hydroxyl groups is 1. The predicted octanol–water partition coefficient (Wildman–Crippen LogP) is -3.05. The molecule has 1 heterocycles. The van der Waals surface area contributed by atoms with E-state index >= 15 is 0 Å². The number of tetrazole rings is 1. The van der Waals surface area contributed by atoms with Gasteiger partial charge in [0.25, 0.3) is 0 Å². The fourth-order valence-corrected chi connectivity index (χ4v) is 3.37. The van der Waals surface area contributed by atoms with Crippen LogP contribution >= 0.6 is 0 Å². The largest absolute Gasteiger partial charge is 1.00 e. The Morgan fingerprint density at radius 2 is 1.74 bits per heavy atom. The van der Waals surface area contributed by atoms with Crippen LogP contribution in [-0.4, -0.2) is 49.8 Å². The van der Waals surface area contributed by atoms with Gasteiger partial charge in [0.05, 0.1) is 12.1 Å². The maximum absolute atomic E-state index is 12.2. The van der Waals surface area contributed by atoms with Gasteiger partial charge in [-0.15, -0.1) is 5.10 Å². The van der Waals surface area contributed by atoms with Crippen molar-refractivity contribution >= 4 is 11.9 Å². The van der Waals surface area contributed by atoms with Crippen LogP contribution in [0.25, 0.3) is 0 Å². The molecule has 1 unspecified atom stereocenters. The molecule has 3 aromatic rings. The standard InChI is InChI=1S/C23H28N6O4.Na/c30-19(14-21(32)33)16-25-22(18-10-5-2-6-11-18)23-26-27-28-29(23)13-7-12-20(31)24-15-17-8-3-1-4-9-17;/h1-6,8-11,19,22,25,30H,7,12-16H2,(H,24,31)(H,32,33);/q;+1/p-1/t19?,22-;/m1./s1. The van der Waals surface area contributed by atoms with Crippen molar-refractivity contribution in [2.75, 3.05) is 6.54 Å². The number of benzene rings is 2. The van der Waals surface area contributed by atoms with Crippen LogP contribution in [0.1, 0.15) is 42.3 Å². The summed E-state index contributed by atoms with van der Waals surface area (Å²) in [7, 11) is 0. The second kappa shape index (κ2) is 14.6. The van der Waals surface area contributed by atoms with Gasteiger partial charge in [-0.05, 0) is 28.0 Å². The molecule has 0 bridgehead atoms. The quantitative estimate of drug-likeness (QED) is 0.222. The van der Waals surface area contributed by atoms with E-state index in [4.69, 9.17) is 0 Å². The number of aryl methyl sites for hydroxylation is 1. The molecule has 0 aliphatic heterocycles. The first-order valence-corrected chi connectivity index (χ1v) is 10.8. The first-order chi connectivity index (χ1) is 16.0. The summed E-state index contributed by atoms with van der Waals surface area (Å²) >= 11 is 0. The average molecular weight is 474 g/mol. The van der Waals surface area contributed by atoms with E-state index in [0.29, 0.717) is 31.8 Å². The molecule has 1 aromatic heterocycles. The fraction of sp³-hybridized carbons (Fsp3) is 0.348. The summed E-state index contributed by atoms with van der Waals surface area (Å²) in [5.74, 6) is -0.876. The van der Waals surface area contributed by atoms with Gasteiger partial charge in [-0.25, -0.2) is 4.68 Å². The van der Waals surface area contributed by atoms with Gasteiger partial charge >= 0.3 is 29.6 Å². The van der Waals surface area contributed by atoms with Gasteiger partial charge in [0.2, 0.25) is 5.91 Å². The number of carboxylic acid groups (broad SMARTS) is 1. The number of nitrogens with one attached hydrogen (secondary N) is 2. The van der Waals surface area contributed by atoms with Gasteiger partial charge in [0.15, 0.2) is 5.82 Å². The van der Waals surface area contributed by atoms with Crippen LogP contribution in [0.15, 0.2) is 60.7 Å². The van der Waals surface area contributed by atoms with Gasteiger partial charge in [0, 0.05) is 38.4 Å². The molecular formula is C23H27N6NaO4. The van der Waals surface area contributed by atoms with Crippen molar-refractivity contribution < 1.29 is 49.4 Å². The Balaban J connectivity index is 0.00000408. The number of carboxylic acids is 1. The summed E-state index contributed by atoms with van der Waals surface area (Å²) in [6.45, 7) is 0.917. The zero-order valence-electron chi connectivity index (χ0n) is 19.1. The van der Waals surface area contributed by atoms with Gasteiger partial charge < -0.3 is 25.6 Å². The number of aliphatic hydroxyl groups excluding tert-OH is 1. The molecule has 2 aromatic carbocycles. The van der Waals surface area contributed by atoms with Crippen molar-refractivity contribution in [2.45, 2.75) is 44.5 Å². The third-order valence-electron chi connectivity index (χ3n) is 5.02. The van der Waals surface area contributed by atoms with Crippen LogP contribution < -0.4 is 45.3 Å². The number of hydrogen-bond donors (Lipinski definition) is 3. The van der Waals surface area contributed by atoms with Gasteiger partial charge in [-0.1, -0.05) is 60.7 Å². The van der Waals surface area contributed by atoms with Crippen LogP contribution in [0.2, 0.25) is 0 Å².